The summed E-state index contributed by atoms with van der Waals surface area (Å²) in [5, 5.41) is 11.0. The first kappa shape index (κ1) is 11.4. The summed E-state index contributed by atoms with van der Waals surface area (Å²) < 4.78 is 5.54. The Morgan fingerprint density at radius 3 is 3.18 bits per heavy atom. The highest BCUT2D eigenvalue weighted by Crippen LogP contribution is 2.36. The quantitative estimate of drug-likeness (QED) is 0.829. The SMILES string of the molecule is CC1CN(c2nc3c(s2)CCCC3O)CCO1. The van der Waals surface area contributed by atoms with Gasteiger partial charge in [-0.05, 0) is 26.2 Å². The van der Waals surface area contributed by atoms with Gasteiger partial charge in [-0.25, -0.2) is 4.98 Å². The van der Waals surface area contributed by atoms with Crippen molar-refractivity contribution < 1.29 is 9.84 Å². The van der Waals surface area contributed by atoms with E-state index in [0.29, 0.717) is 0 Å². The van der Waals surface area contributed by atoms with Crippen molar-refractivity contribution in [3.05, 3.63) is 10.6 Å². The van der Waals surface area contributed by atoms with Crippen LogP contribution in [0.4, 0.5) is 5.13 Å². The van der Waals surface area contributed by atoms with Crippen LogP contribution >= 0.6 is 11.3 Å². The molecule has 1 fully saturated rings. The van der Waals surface area contributed by atoms with E-state index < -0.39 is 0 Å². The van der Waals surface area contributed by atoms with E-state index in [4.69, 9.17) is 4.74 Å². The zero-order chi connectivity index (χ0) is 11.8. The molecule has 94 valence electrons. The third-order valence-electron chi connectivity index (χ3n) is 3.42. The summed E-state index contributed by atoms with van der Waals surface area (Å²) >= 11 is 1.75. The van der Waals surface area contributed by atoms with Crippen molar-refractivity contribution in [2.45, 2.75) is 38.4 Å². The van der Waals surface area contributed by atoms with Crippen molar-refractivity contribution in [1.82, 2.24) is 4.98 Å². The van der Waals surface area contributed by atoms with Crippen LogP contribution in [0.3, 0.4) is 0 Å². The molecule has 0 radical (unpaired) electrons. The van der Waals surface area contributed by atoms with Gasteiger partial charge in [-0.3, -0.25) is 0 Å². The fraction of sp³-hybridized carbons (Fsp3) is 0.750. The van der Waals surface area contributed by atoms with Crippen LogP contribution in [-0.4, -0.2) is 35.9 Å². The first-order chi connectivity index (χ1) is 8.24. The van der Waals surface area contributed by atoms with Gasteiger partial charge in [-0.2, -0.15) is 0 Å². The number of anilines is 1. The number of rotatable bonds is 1. The third kappa shape index (κ3) is 2.19. The fourth-order valence-electron chi connectivity index (χ4n) is 2.51. The van der Waals surface area contributed by atoms with Crippen LogP contribution in [0.2, 0.25) is 0 Å². The van der Waals surface area contributed by atoms with Gasteiger partial charge < -0.3 is 14.7 Å². The van der Waals surface area contributed by atoms with E-state index >= 15 is 0 Å². The molecule has 2 aliphatic rings. The molecular weight excluding hydrogens is 236 g/mol. The summed E-state index contributed by atoms with van der Waals surface area (Å²) in [5.74, 6) is 0. The Morgan fingerprint density at radius 1 is 1.53 bits per heavy atom. The first-order valence-corrected chi connectivity index (χ1v) is 7.10. The van der Waals surface area contributed by atoms with Gasteiger partial charge in [0.25, 0.3) is 0 Å². The van der Waals surface area contributed by atoms with E-state index in [0.717, 1.165) is 49.8 Å². The Hall–Kier alpha value is -0.650. The zero-order valence-electron chi connectivity index (χ0n) is 10.1. The highest BCUT2D eigenvalue weighted by molar-refractivity contribution is 7.15. The van der Waals surface area contributed by atoms with Crippen molar-refractivity contribution >= 4 is 16.5 Å². The van der Waals surface area contributed by atoms with Gasteiger partial charge in [0, 0.05) is 18.0 Å². The highest BCUT2D eigenvalue weighted by atomic mass is 32.1. The standard InChI is InChI=1S/C12H18N2O2S/c1-8-7-14(5-6-16-8)12-13-11-9(15)3-2-4-10(11)17-12/h8-9,15H,2-7H2,1H3. The Balaban J connectivity index is 1.83. The van der Waals surface area contributed by atoms with Gasteiger partial charge in [0.15, 0.2) is 5.13 Å². The third-order valence-corrected chi connectivity index (χ3v) is 4.62. The highest BCUT2D eigenvalue weighted by Gasteiger charge is 2.26. The number of hydrogen-bond donors (Lipinski definition) is 1. The van der Waals surface area contributed by atoms with Crippen molar-refractivity contribution in [3.63, 3.8) is 0 Å². The van der Waals surface area contributed by atoms with E-state index in [1.807, 2.05) is 0 Å². The molecule has 0 spiro atoms. The molecular formula is C12H18N2O2S. The predicted octanol–water partition coefficient (Wildman–Crippen LogP) is 1.74. The van der Waals surface area contributed by atoms with E-state index in [9.17, 15) is 5.11 Å². The molecule has 1 aromatic heterocycles. The lowest BCUT2D eigenvalue weighted by Crippen LogP contribution is -2.41. The van der Waals surface area contributed by atoms with Gasteiger partial charge in [0.1, 0.15) is 0 Å². The fourth-order valence-corrected chi connectivity index (χ4v) is 3.70. The summed E-state index contributed by atoms with van der Waals surface area (Å²) in [6.07, 6.45) is 2.94. The van der Waals surface area contributed by atoms with Crippen LogP contribution in [0, 0.1) is 0 Å². The second kappa shape index (κ2) is 4.55. The molecule has 1 aliphatic heterocycles. The Labute approximate surface area is 105 Å². The Bertz CT molecular complexity index is 407. The number of aliphatic hydroxyl groups is 1. The minimum absolute atomic E-state index is 0.273. The van der Waals surface area contributed by atoms with Gasteiger partial charge in [0.2, 0.25) is 0 Å². The number of aryl methyl sites for hydroxylation is 1. The smallest absolute Gasteiger partial charge is 0.186 e. The number of hydrogen-bond acceptors (Lipinski definition) is 5. The minimum Gasteiger partial charge on any atom is -0.387 e. The molecule has 5 heteroatoms. The van der Waals surface area contributed by atoms with Crippen molar-refractivity contribution in [3.8, 4) is 0 Å². The molecule has 2 heterocycles. The summed E-state index contributed by atoms with van der Waals surface area (Å²) in [4.78, 5) is 8.19. The monoisotopic (exact) mass is 254 g/mol. The summed E-state index contributed by atoms with van der Waals surface area (Å²) in [5.41, 5.74) is 0.926. The molecule has 3 rings (SSSR count). The molecule has 17 heavy (non-hydrogen) atoms. The minimum atomic E-state index is -0.345. The van der Waals surface area contributed by atoms with Gasteiger partial charge in [-0.1, -0.05) is 0 Å². The maximum absolute atomic E-state index is 9.93. The molecule has 1 N–H and O–H groups in total. The maximum atomic E-state index is 9.93. The van der Waals surface area contributed by atoms with Crippen molar-refractivity contribution in [2.24, 2.45) is 0 Å². The lowest BCUT2D eigenvalue weighted by Gasteiger charge is -2.30. The average Bonchev–Trinajstić information content (AvgIpc) is 2.74. The lowest BCUT2D eigenvalue weighted by atomic mass is 10.0. The number of thiazole rings is 1. The van der Waals surface area contributed by atoms with Crippen LogP contribution in [0.25, 0.3) is 0 Å². The summed E-state index contributed by atoms with van der Waals surface area (Å²) in [6.45, 7) is 4.68. The van der Waals surface area contributed by atoms with E-state index in [-0.39, 0.29) is 12.2 Å². The van der Waals surface area contributed by atoms with E-state index in [1.54, 1.807) is 11.3 Å². The van der Waals surface area contributed by atoms with Crippen LogP contribution in [0.5, 0.6) is 0 Å². The van der Waals surface area contributed by atoms with Gasteiger partial charge in [0.05, 0.1) is 24.5 Å². The Kier molecular flexibility index (Phi) is 3.06. The first-order valence-electron chi connectivity index (χ1n) is 6.28. The normalized spacial score (nSPS) is 29.2. The topological polar surface area (TPSA) is 45.6 Å². The van der Waals surface area contributed by atoms with Crippen molar-refractivity contribution in [2.75, 3.05) is 24.6 Å². The molecule has 0 saturated carbocycles. The molecule has 0 aromatic carbocycles. The number of morpholine rings is 1. The number of ether oxygens (including phenoxy) is 1. The Morgan fingerprint density at radius 2 is 2.41 bits per heavy atom. The molecule has 2 unspecified atom stereocenters. The molecule has 2 atom stereocenters. The van der Waals surface area contributed by atoms with Crippen LogP contribution < -0.4 is 4.90 Å². The molecule has 0 bridgehead atoms. The number of aromatic nitrogens is 1. The second-order valence-electron chi connectivity index (χ2n) is 4.84. The van der Waals surface area contributed by atoms with Gasteiger partial charge in [-0.15, -0.1) is 11.3 Å². The van der Waals surface area contributed by atoms with Crippen LogP contribution in [-0.2, 0) is 11.2 Å². The number of nitrogens with zero attached hydrogens (tertiary/aromatic N) is 2. The van der Waals surface area contributed by atoms with Crippen LogP contribution in [0.1, 0.15) is 36.4 Å². The molecule has 4 nitrogen and oxygen atoms in total. The molecule has 1 aliphatic carbocycles. The average molecular weight is 254 g/mol. The molecule has 0 amide bonds. The van der Waals surface area contributed by atoms with E-state index in [2.05, 4.69) is 16.8 Å². The lowest BCUT2D eigenvalue weighted by molar-refractivity contribution is 0.0531. The number of aliphatic hydroxyl groups excluding tert-OH is 1. The van der Waals surface area contributed by atoms with Crippen molar-refractivity contribution in [1.29, 1.82) is 0 Å². The predicted molar refractivity (Wildman–Crippen MR) is 67.6 cm³/mol. The maximum Gasteiger partial charge on any atom is 0.186 e. The molecule has 1 saturated heterocycles. The summed E-state index contributed by atoms with van der Waals surface area (Å²) in [6, 6.07) is 0. The van der Waals surface area contributed by atoms with Gasteiger partial charge >= 0.3 is 0 Å². The molecule has 1 aromatic rings. The van der Waals surface area contributed by atoms with Crippen LogP contribution in [0.15, 0.2) is 0 Å². The largest absolute Gasteiger partial charge is 0.387 e. The summed E-state index contributed by atoms with van der Waals surface area (Å²) in [7, 11) is 0. The van der Waals surface area contributed by atoms with E-state index in [1.165, 1.54) is 4.88 Å². The second-order valence-corrected chi connectivity index (χ2v) is 5.90. The number of fused-ring (bicyclic) bond motifs is 1. The zero-order valence-corrected chi connectivity index (χ0v) is 10.9.